The molecule has 0 aromatic carbocycles. The lowest BCUT2D eigenvalue weighted by Crippen LogP contribution is -2.30. The fourth-order valence-electron chi connectivity index (χ4n) is 10.8. The lowest BCUT2D eigenvalue weighted by atomic mass is 10.0. The maximum absolute atomic E-state index is 13.0. The maximum atomic E-state index is 13.0. The topological polar surface area (TPSA) is 237 Å². The van der Waals surface area contributed by atoms with E-state index in [0.29, 0.717) is 31.6 Å². The molecule has 534 valence electrons. The van der Waals surface area contributed by atoms with Gasteiger partial charge in [0.15, 0.2) is 12.2 Å². The SMILES string of the molecule is CCCCCCCCCCCCCCCCCCCC(=O)O[C@H](COC(=O)CCCCCCCCCCCCCCCCC)COP(=O)(O)OC[C@@H](O)COP(=O)(O)OC[C@@H](COC(=O)CCCCCCCCCC)OC(=O)CCCCCCCCCC(C)C. The quantitative estimate of drug-likeness (QED) is 0.0222. The molecule has 0 bridgehead atoms. The van der Waals surface area contributed by atoms with Crippen LogP contribution in [0.2, 0.25) is 0 Å². The molecule has 0 aliphatic carbocycles. The number of carbonyl (C=O) groups is 4. The molecule has 5 atom stereocenters. The Morgan fingerprint density at radius 2 is 0.511 bits per heavy atom. The summed E-state index contributed by atoms with van der Waals surface area (Å²) in [6, 6.07) is 0. The van der Waals surface area contributed by atoms with E-state index in [0.717, 1.165) is 96.3 Å². The number of phosphoric acid groups is 2. The van der Waals surface area contributed by atoms with Crippen LogP contribution in [0, 0.1) is 5.92 Å². The summed E-state index contributed by atoms with van der Waals surface area (Å²) >= 11 is 0. The van der Waals surface area contributed by atoms with E-state index in [2.05, 4.69) is 34.6 Å². The number of unbranched alkanes of at least 4 members (excludes halogenated alkanes) is 43. The van der Waals surface area contributed by atoms with Gasteiger partial charge >= 0.3 is 39.5 Å². The number of hydrogen-bond acceptors (Lipinski definition) is 15. The molecule has 0 aromatic rings. The molecule has 17 nitrogen and oxygen atoms in total. The van der Waals surface area contributed by atoms with Gasteiger partial charge in [0.05, 0.1) is 26.4 Å². The molecule has 3 N–H and O–H groups in total. The van der Waals surface area contributed by atoms with Crippen LogP contribution in [0.25, 0.3) is 0 Å². The Morgan fingerprint density at radius 3 is 0.756 bits per heavy atom. The predicted octanol–water partition coefficient (Wildman–Crippen LogP) is 20.5. The van der Waals surface area contributed by atoms with Crippen LogP contribution in [0.15, 0.2) is 0 Å². The monoisotopic (exact) mass is 1320 g/mol. The third kappa shape index (κ3) is 64.8. The molecule has 0 rings (SSSR count). The third-order valence-electron chi connectivity index (χ3n) is 16.5. The van der Waals surface area contributed by atoms with Gasteiger partial charge in [-0.25, -0.2) is 9.13 Å². The van der Waals surface area contributed by atoms with Crippen molar-refractivity contribution in [3.63, 3.8) is 0 Å². The molecule has 0 radical (unpaired) electrons. The summed E-state index contributed by atoms with van der Waals surface area (Å²) in [4.78, 5) is 72.5. The van der Waals surface area contributed by atoms with Gasteiger partial charge in [-0.05, 0) is 31.6 Å². The summed E-state index contributed by atoms with van der Waals surface area (Å²) in [6.07, 6.45) is 51.5. The highest BCUT2D eigenvalue weighted by atomic mass is 31.2. The molecular formula is C71H138O17P2. The third-order valence-corrected chi connectivity index (χ3v) is 18.4. The van der Waals surface area contributed by atoms with Gasteiger partial charge in [0.1, 0.15) is 19.3 Å². The number of rotatable bonds is 71. The number of carbonyl (C=O) groups excluding carboxylic acids is 4. The first kappa shape index (κ1) is 88.1. The molecule has 0 saturated carbocycles. The second-order valence-corrected chi connectivity index (χ2v) is 29.0. The summed E-state index contributed by atoms with van der Waals surface area (Å²) < 4.78 is 68.2. The number of hydrogen-bond donors (Lipinski definition) is 3. The molecule has 0 aromatic heterocycles. The highest BCUT2D eigenvalue weighted by Crippen LogP contribution is 2.45. The van der Waals surface area contributed by atoms with Crippen molar-refractivity contribution in [3.05, 3.63) is 0 Å². The van der Waals surface area contributed by atoms with E-state index in [1.807, 2.05) is 0 Å². The molecule has 0 fully saturated rings. The fraction of sp³-hybridized carbons (Fsp3) is 0.944. The molecule has 90 heavy (non-hydrogen) atoms. The van der Waals surface area contributed by atoms with E-state index in [9.17, 15) is 43.2 Å². The van der Waals surface area contributed by atoms with Crippen molar-refractivity contribution in [2.24, 2.45) is 5.92 Å². The first-order chi connectivity index (χ1) is 43.5. The smallest absolute Gasteiger partial charge is 0.462 e. The highest BCUT2D eigenvalue weighted by molar-refractivity contribution is 7.47. The first-order valence-corrected chi connectivity index (χ1v) is 40.1. The number of aliphatic hydroxyl groups is 1. The second-order valence-electron chi connectivity index (χ2n) is 26.1. The highest BCUT2D eigenvalue weighted by Gasteiger charge is 2.30. The van der Waals surface area contributed by atoms with E-state index in [1.54, 1.807) is 0 Å². The number of aliphatic hydroxyl groups excluding tert-OH is 1. The molecule has 19 heteroatoms. The lowest BCUT2D eigenvalue weighted by molar-refractivity contribution is -0.161. The van der Waals surface area contributed by atoms with E-state index >= 15 is 0 Å². The zero-order chi connectivity index (χ0) is 66.3. The van der Waals surface area contributed by atoms with Gasteiger partial charge in [-0.15, -0.1) is 0 Å². The molecule has 0 aliphatic rings. The standard InChI is InChI=1S/C71H138O17P2/c1-6-9-12-15-18-21-23-25-27-28-30-32-34-36-41-46-51-56-70(75)87-66(61-82-69(74)55-50-45-40-35-33-31-29-26-24-22-19-16-13-10-7-2)62-85-89(77,78)83-58-65(72)59-84-90(79,80)86-63-67(60-81-68(73)54-49-44-39-20-17-14-11-8-3)88-71(76)57-52-47-42-37-38-43-48-53-64(4)5/h64-67,72H,6-63H2,1-5H3,(H,77,78)(H,79,80)/t65-,66-,67-/m1/s1. The van der Waals surface area contributed by atoms with Gasteiger partial charge in [0, 0.05) is 25.7 Å². The van der Waals surface area contributed by atoms with Crippen molar-refractivity contribution < 1.29 is 80.2 Å². The largest absolute Gasteiger partial charge is 0.472 e. The van der Waals surface area contributed by atoms with Crippen LogP contribution in [0.3, 0.4) is 0 Å². The van der Waals surface area contributed by atoms with Crippen molar-refractivity contribution in [3.8, 4) is 0 Å². The van der Waals surface area contributed by atoms with Gasteiger partial charge in [-0.2, -0.15) is 0 Å². The Labute approximate surface area is 549 Å². The summed E-state index contributed by atoms with van der Waals surface area (Å²) in [7, 11) is -9.90. The fourth-order valence-corrected chi connectivity index (χ4v) is 12.4. The molecular weight excluding hydrogens is 1190 g/mol. The minimum atomic E-state index is -4.95. The average Bonchev–Trinajstić information content (AvgIpc) is 3.33. The predicted molar refractivity (Wildman–Crippen MR) is 363 cm³/mol. The van der Waals surface area contributed by atoms with Crippen molar-refractivity contribution in [2.75, 3.05) is 39.6 Å². The molecule has 0 spiro atoms. The van der Waals surface area contributed by atoms with E-state index in [1.165, 1.54) is 186 Å². The number of phosphoric ester groups is 2. The van der Waals surface area contributed by atoms with Gasteiger partial charge < -0.3 is 33.8 Å². The molecule has 0 saturated heterocycles. The van der Waals surface area contributed by atoms with Gasteiger partial charge in [-0.3, -0.25) is 37.3 Å². The van der Waals surface area contributed by atoms with Crippen LogP contribution >= 0.6 is 15.6 Å². The molecule has 0 heterocycles. The Hall–Kier alpha value is -1.94. The minimum Gasteiger partial charge on any atom is -0.462 e. The van der Waals surface area contributed by atoms with Crippen LogP contribution in [0.4, 0.5) is 0 Å². The van der Waals surface area contributed by atoms with Crippen molar-refractivity contribution in [1.82, 2.24) is 0 Å². The Morgan fingerprint density at radius 1 is 0.300 bits per heavy atom. The molecule has 2 unspecified atom stereocenters. The average molecular weight is 1330 g/mol. The van der Waals surface area contributed by atoms with Crippen LogP contribution < -0.4 is 0 Å². The maximum Gasteiger partial charge on any atom is 0.472 e. The van der Waals surface area contributed by atoms with E-state index in [-0.39, 0.29) is 25.7 Å². The summed E-state index contributed by atoms with van der Waals surface area (Å²) in [5, 5.41) is 10.6. The van der Waals surface area contributed by atoms with Crippen LogP contribution in [-0.2, 0) is 65.4 Å². The lowest BCUT2D eigenvalue weighted by Gasteiger charge is -2.21. The zero-order valence-electron chi connectivity index (χ0n) is 58.3. The molecule has 0 aliphatic heterocycles. The Kier molecular flexibility index (Phi) is 63.0. The van der Waals surface area contributed by atoms with Crippen LogP contribution in [0.1, 0.15) is 369 Å². The number of ether oxygens (including phenoxy) is 4. The van der Waals surface area contributed by atoms with E-state index < -0.39 is 97.5 Å². The Balaban J connectivity index is 5.20. The normalized spacial score (nSPS) is 14.1. The van der Waals surface area contributed by atoms with E-state index in [4.69, 9.17) is 37.0 Å². The number of esters is 4. The zero-order valence-corrected chi connectivity index (χ0v) is 60.1. The van der Waals surface area contributed by atoms with Crippen LogP contribution in [0.5, 0.6) is 0 Å². The summed E-state index contributed by atoms with van der Waals surface area (Å²) in [5.74, 6) is -1.43. The van der Waals surface area contributed by atoms with Gasteiger partial charge in [0.25, 0.3) is 0 Å². The first-order valence-electron chi connectivity index (χ1n) is 37.1. The minimum absolute atomic E-state index is 0.104. The van der Waals surface area contributed by atoms with Crippen LogP contribution in [-0.4, -0.2) is 96.7 Å². The van der Waals surface area contributed by atoms with Crippen molar-refractivity contribution in [1.29, 1.82) is 0 Å². The summed E-state index contributed by atoms with van der Waals surface area (Å²) in [5.41, 5.74) is 0. The van der Waals surface area contributed by atoms with Crippen molar-refractivity contribution in [2.45, 2.75) is 387 Å². The van der Waals surface area contributed by atoms with Crippen molar-refractivity contribution >= 4 is 39.5 Å². The Bertz CT molecular complexity index is 1740. The molecule has 0 amide bonds. The van der Waals surface area contributed by atoms with Gasteiger partial charge in [-0.1, -0.05) is 317 Å². The van der Waals surface area contributed by atoms with Gasteiger partial charge in [0.2, 0.25) is 0 Å². The summed E-state index contributed by atoms with van der Waals surface area (Å²) in [6.45, 7) is 7.17. The second kappa shape index (κ2) is 64.4.